The van der Waals surface area contributed by atoms with Crippen molar-refractivity contribution >= 4 is 0 Å². The highest BCUT2D eigenvalue weighted by Crippen LogP contribution is 2.40. The van der Waals surface area contributed by atoms with E-state index in [9.17, 15) is 13.2 Å². The summed E-state index contributed by atoms with van der Waals surface area (Å²) in [5, 5.41) is 0. The molecule has 0 amide bonds. The van der Waals surface area contributed by atoms with Gasteiger partial charge >= 0.3 is 0 Å². The van der Waals surface area contributed by atoms with Crippen molar-refractivity contribution in [3.63, 3.8) is 0 Å². The molecule has 0 N–H and O–H groups in total. The molecule has 2 aliphatic carbocycles. The Morgan fingerprint density at radius 1 is 0.842 bits per heavy atom. The van der Waals surface area contributed by atoms with Gasteiger partial charge in [-0.3, -0.25) is 0 Å². The van der Waals surface area contributed by atoms with E-state index in [1.54, 1.807) is 6.92 Å². The average molecular weight is 278 g/mol. The standard InChI is InChI=1S/C8H14F2.C8H15F/c1-6-3-4-7(2)8(9,10)5-6;1-6-3-4-7(2)8(9)5-6/h6-7H,3-5H2,1-2H3;6-8H,3-5H2,1-2H3. The second kappa shape index (κ2) is 6.99. The first-order valence-corrected chi connectivity index (χ1v) is 7.74. The van der Waals surface area contributed by atoms with Crippen LogP contribution in [0.4, 0.5) is 13.2 Å². The summed E-state index contributed by atoms with van der Waals surface area (Å²) >= 11 is 0. The minimum absolute atomic E-state index is 0.0914. The normalized spacial score (nSPS) is 42.2. The van der Waals surface area contributed by atoms with Gasteiger partial charge in [-0.2, -0.15) is 0 Å². The van der Waals surface area contributed by atoms with Crippen LogP contribution in [0.2, 0.25) is 0 Å². The Morgan fingerprint density at radius 2 is 1.42 bits per heavy atom. The Hall–Kier alpha value is -0.210. The number of hydrogen-bond donors (Lipinski definition) is 0. The minimum Gasteiger partial charge on any atom is -0.247 e. The van der Waals surface area contributed by atoms with Crippen LogP contribution in [0.15, 0.2) is 0 Å². The van der Waals surface area contributed by atoms with Crippen LogP contribution in [0.5, 0.6) is 0 Å². The first-order chi connectivity index (χ1) is 8.72. The monoisotopic (exact) mass is 278 g/mol. The molecule has 0 heterocycles. The van der Waals surface area contributed by atoms with Crippen LogP contribution in [0.1, 0.15) is 66.2 Å². The molecule has 5 unspecified atom stereocenters. The predicted octanol–water partition coefficient (Wildman–Crippen LogP) is 5.86. The van der Waals surface area contributed by atoms with Gasteiger partial charge in [0, 0.05) is 12.3 Å². The molecule has 0 aromatic heterocycles. The van der Waals surface area contributed by atoms with E-state index in [0.29, 0.717) is 18.3 Å². The van der Waals surface area contributed by atoms with E-state index >= 15 is 0 Å². The van der Waals surface area contributed by atoms with E-state index < -0.39 is 18.0 Å². The van der Waals surface area contributed by atoms with Crippen molar-refractivity contribution in [2.75, 3.05) is 0 Å². The zero-order valence-electron chi connectivity index (χ0n) is 12.8. The van der Waals surface area contributed by atoms with Gasteiger partial charge in [-0.1, -0.05) is 40.5 Å². The summed E-state index contributed by atoms with van der Waals surface area (Å²) in [7, 11) is 0. The molecule has 5 atom stereocenters. The first-order valence-electron chi connectivity index (χ1n) is 7.74. The fraction of sp³-hybridized carbons (Fsp3) is 1.00. The van der Waals surface area contributed by atoms with Gasteiger partial charge in [-0.05, 0) is 37.0 Å². The molecule has 2 saturated carbocycles. The summed E-state index contributed by atoms with van der Waals surface area (Å²) in [4.78, 5) is 0. The van der Waals surface area contributed by atoms with Crippen molar-refractivity contribution < 1.29 is 13.2 Å². The van der Waals surface area contributed by atoms with E-state index in [1.807, 2.05) is 13.8 Å². The van der Waals surface area contributed by atoms with Crippen molar-refractivity contribution in [1.82, 2.24) is 0 Å². The molecule has 0 saturated heterocycles. The Bertz CT molecular complexity index is 265. The number of alkyl halides is 3. The summed E-state index contributed by atoms with van der Waals surface area (Å²) in [5.41, 5.74) is 0. The molecule has 19 heavy (non-hydrogen) atoms. The van der Waals surface area contributed by atoms with Gasteiger partial charge in [0.2, 0.25) is 0 Å². The molecule has 0 aliphatic heterocycles. The fourth-order valence-electron chi connectivity index (χ4n) is 2.98. The summed E-state index contributed by atoms with van der Waals surface area (Å²) in [6.45, 7) is 7.70. The zero-order valence-corrected chi connectivity index (χ0v) is 12.8. The van der Waals surface area contributed by atoms with E-state index in [-0.39, 0.29) is 12.3 Å². The van der Waals surface area contributed by atoms with Crippen LogP contribution < -0.4 is 0 Å². The average Bonchev–Trinajstić information content (AvgIpc) is 2.30. The lowest BCUT2D eigenvalue weighted by molar-refractivity contribution is -0.0927. The number of hydrogen-bond acceptors (Lipinski definition) is 0. The summed E-state index contributed by atoms with van der Waals surface area (Å²) in [5.74, 6) is -1.63. The molecule has 0 radical (unpaired) electrons. The Balaban J connectivity index is 0.000000191. The van der Waals surface area contributed by atoms with E-state index in [2.05, 4.69) is 6.92 Å². The highest BCUT2D eigenvalue weighted by atomic mass is 19.3. The first kappa shape index (κ1) is 16.8. The third-order valence-corrected chi connectivity index (χ3v) is 4.79. The molecular formula is C16H29F3. The van der Waals surface area contributed by atoms with Crippen LogP contribution in [0.25, 0.3) is 0 Å². The van der Waals surface area contributed by atoms with Gasteiger partial charge < -0.3 is 0 Å². The molecule has 0 spiro atoms. The molecule has 0 aromatic carbocycles. The smallest absolute Gasteiger partial charge is 0.247 e. The molecule has 2 fully saturated rings. The highest BCUT2D eigenvalue weighted by molar-refractivity contribution is 4.81. The molecule has 3 heteroatoms. The molecule has 2 rings (SSSR count). The predicted molar refractivity (Wildman–Crippen MR) is 74.2 cm³/mol. The second-order valence-electron chi connectivity index (χ2n) is 6.96. The van der Waals surface area contributed by atoms with Crippen LogP contribution in [-0.2, 0) is 0 Å². The third kappa shape index (κ3) is 5.35. The minimum atomic E-state index is -2.39. The number of rotatable bonds is 0. The zero-order chi connectivity index (χ0) is 14.6. The topological polar surface area (TPSA) is 0 Å². The van der Waals surface area contributed by atoms with Crippen LogP contribution >= 0.6 is 0 Å². The van der Waals surface area contributed by atoms with Crippen molar-refractivity contribution in [3.05, 3.63) is 0 Å². The lowest BCUT2D eigenvalue weighted by atomic mass is 9.81. The van der Waals surface area contributed by atoms with Crippen molar-refractivity contribution in [3.8, 4) is 0 Å². The van der Waals surface area contributed by atoms with Gasteiger partial charge in [-0.25, -0.2) is 13.2 Å². The molecule has 0 nitrogen and oxygen atoms in total. The molecule has 0 aromatic rings. The van der Waals surface area contributed by atoms with Gasteiger partial charge in [0.05, 0.1) is 0 Å². The van der Waals surface area contributed by atoms with Gasteiger partial charge in [-0.15, -0.1) is 0 Å². The largest absolute Gasteiger partial charge is 0.250 e. The Labute approximate surface area is 116 Å². The van der Waals surface area contributed by atoms with Gasteiger partial charge in [0.15, 0.2) is 0 Å². The van der Waals surface area contributed by atoms with E-state index in [0.717, 1.165) is 19.3 Å². The van der Waals surface area contributed by atoms with Crippen molar-refractivity contribution in [2.24, 2.45) is 23.7 Å². The lowest BCUT2D eigenvalue weighted by Gasteiger charge is -2.32. The molecule has 2 aliphatic rings. The van der Waals surface area contributed by atoms with Crippen LogP contribution in [-0.4, -0.2) is 12.1 Å². The maximum Gasteiger partial charge on any atom is 0.250 e. The second-order valence-corrected chi connectivity index (χ2v) is 6.96. The molecule has 114 valence electrons. The van der Waals surface area contributed by atoms with Crippen LogP contribution in [0.3, 0.4) is 0 Å². The molecule has 0 bridgehead atoms. The molecular weight excluding hydrogens is 249 g/mol. The summed E-state index contributed by atoms with van der Waals surface area (Å²) in [6, 6.07) is 0. The van der Waals surface area contributed by atoms with Gasteiger partial charge in [0.1, 0.15) is 6.17 Å². The summed E-state index contributed by atoms with van der Waals surface area (Å²) in [6.07, 6.45) is 4.33. The number of halogens is 3. The van der Waals surface area contributed by atoms with Gasteiger partial charge in [0.25, 0.3) is 5.92 Å². The van der Waals surface area contributed by atoms with Crippen molar-refractivity contribution in [2.45, 2.75) is 78.3 Å². The fourth-order valence-corrected chi connectivity index (χ4v) is 2.98. The Kier molecular flexibility index (Phi) is 6.19. The van der Waals surface area contributed by atoms with E-state index in [4.69, 9.17) is 0 Å². The summed E-state index contributed by atoms with van der Waals surface area (Å²) < 4.78 is 38.5. The Morgan fingerprint density at radius 3 is 1.84 bits per heavy atom. The van der Waals surface area contributed by atoms with Crippen molar-refractivity contribution in [1.29, 1.82) is 0 Å². The maximum atomic E-state index is 12.8. The van der Waals surface area contributed by atoms with Crippen LogP contribution in [0, 0.1) is 23.7 Å². The third-order valence-electron chi connectivity index (χ3n) is 4.79. The highest BCUT2D eigenvalue weighted by Gasteiger charge is 2.40. The lowest BCUT2D eigenvalue weighted by Crippen LogP contribution is -2.32. The quantitative estimate of drug-likeness (QED) is 0.520. The SMILES string of the molecule is CC1CCC(C)C(F)(F)C1.CC1CCC(C)C(F)C1. The maximum absolute atomic E-state index is 12.8. The van der Waals surface area contributed by atoms with E-state index in [1.165, 1.54) is 6.42 Å².